The van der Waals surface area contributed by atoms with Gasteiger partial charge < -0.3 is 20.1 Å². The Morgan fingerprint density at radius 3 is 2.46 bits per heavy atom. The molecule has 2 aromatic carbocycles. The molecule has 2 aliphatic rings. The van der Waals surface area contributed by atoms with Gasteiger partial charge in [-0.2, -0.15) is 5.10 Å². The molecule has 0 saturated carbocycles. The smallest absolute Gasteiger partial charge is 0.221 e. The average molecular weight is 498 g/mol. The summed E-state index contributed by atoms with van der Waals surface area (Å²) in [6, 6.07) is 14.7. The number of rotatable bonds is 9. The SMILES string of the molecule is CC(=O)Nc1ccc(CCN2CC3CN(CCCc4c[nH]c5ccc(-c6ncn[nH]6)cc45)CC3C2)cc1. The molecular formula is C29H35N7O. The molecule has 2 saturated heterocycles. The van der Waals surface area contributed by atoms with E-state index in [1.807, 2.05) is 12.1 Å². The molecule has 192 valence electrons. The fraction of sp³-hybridized carbons (Fsp3) is 0.414. The van der Waals surface area contributed by atoms with Gasteiger partial charge in [-0.15, -0.1) is 0 Å². The van der Waals surface area contributed by atoms with Crippen molar-refractivity contribution in [3.8, 4) is 11.4 Å². The van der Waals surface area contributed by atoms with Crippen LogP contribution in [0.25, 0.3) is 22.3 Å². The Morgan fingerprint density at radius 1 is 1.00 bits per heavy atom. The molecule has 1 amide bonds. The number of hydrogen-bond donors (Lipinski definition) is 3. The first kappa shape index (κ1) is 23.9. The fourth-order valence-corrected chi connectivity index (χ4v) is 6.17. The summed E-state index contributed by atoms with van der Waals surface area (Å²) >= 11 is 0. The van der Waals surface area contributed by atoms with Crippen molar-refractivity contribution >= 4 is 22.5 Å². The lowest BCUT2D eigenvalue weighted by Gasteiger charge is -2.21. The van der Waals surface area contributed by atoms with E-state index in [1.54, 1.807) is 13.3 Å². The number of likely N-dealkylation sites (tertiary alicyclic amines) is 2. The highest BCUT2D eigenvalue weighted by Gasteiger charge is 2.39. The predicted octanol–water partition coefficient (Wildman–Crippen LogP) is 3.95. The molecule has 37 heavy (non-hydrogen) atoms. The van der Waals surface area contributed by atoms with E-state index in [0.29, 0.717) is 0 Å². The molecule has 3 N–H and O–H groups in total. The maximum Gasteiger partial charge on any atom is 0.221 e. The summed E-state index contributed by atoms with van der Waals surface area (Å²) < 4.78 is 0. The third-order valence-electron chi connectivity index (χ3n) is 8.00. The van der Waals surface area contributed by atoms with Crippen LogP contribution in [0.2, 0.25) is 0 Å². The number of benzene rings is 2. The highest BCUT2D eigenvalue weighted by atomic mass is 16.1. The van der Waals surface area contributed by atoms with Gasteiger partial charge in [-0.3, -0.25) is 9.89 Å². The lowest BCUT2D eigenvalue weighted by Crippen LogP contribution is -2.30. The maximum atomic E-state index is 11.2. The van der Waals surface area contributed by atoms with Crippen molar-refractivity contribution in [2.45, 2.75) is 26.2 Å². The van der Waals surface area contributed by atoms with Crippen molar-refractivity contribution < 1.29 is 4.79 Å². The average Bonchev–Trinajstić information content (AvgIpc) is 3.68. The molecule has 8 heteroatoms. The second-order valence-corrected chi connectivity index (χ2v) is 10.7. The Bertz CT molecular complexity index is 1330. The number of carbonyl (C=O) groups is 1. The molecule has 0 aliphatic carbocycles. The van der Waals surface area contributed by atoms with Crippen LogP contribution in [-0.4, -0.2) is 75.1 Å². The van der Waals surface area contributed by atoms with E-state index in [1.165, 1.54) is 61.2 Å². The molecule has 4 aromatic rings. The van der Waals surface area contributed by atoms with Crippen LogP contribution in [0, 0.1) is 11.8 Å². The van der Waals surface area contributed by atoms with Gasteiger partial charge in [0.2, 0.25) is 5.91 Å². The van der Waals surface area contributed by atoms with Crippen LogP contribution in [0.3, 0.4) is 0 Å². The Morgan fingerprint density at radius 2 is 1.76 bits per heavy atom. The zero-order chi connectivity index (χ0) is 25.2. The summed E-state index contributed by atoms with van der Waals surface area (Å²) in [5.74, 6) is 2.40. The molecule has 2 fully saturated rings. The molecule has 6 rings (SSSR count). The number of aromatic nitrogens is 4. The second-order valence-electron chi connectivity index (χ2n) is 10.7. The van der Waals surface area contributed by atoms with Gasteiger partial charge in [-0.25, -0.2) is 4.98 Å². The summed E-state index contributed by atoms with van der Waals surface area (Å²) in [6.45, 7) is 8.73. The van der Waals surface area contributed by atoms with E-state index in [4.69, 9.17) is 0 Å². The number of nitrogens with zero attached hydrogens (tertiary/aromatic N) is 4. The van der Waals surface area contributed by atoms with Crippen LogP contribution in [0.15, 0.2) is 55.0 Å². The molecule has 0 radical (unpaired) electrons. The molecule has 2 atom stereocenters. The quantitative estimate of drug-likeness (QED) is 0.326. The van der Waals surface area contributed by atoms with Crippen molar-refractivity contribution in [2.75, 3.05) is 44.6 Å². The van der Waals surface area contributed by atoms with Gasteiger partial charge in [0, 0.05) is 68.0 Å². The Hall–Kier alpha value is -3.49. The minimum atomic E-state index is -0.0268. The molecule has 0 spiro atoms. The van der Waals surface area contributed by atoms with Crippen LogP contribution in [0.1, 0.15) is 24.5 Å². The lowest BCUT2D eigenvalue weighted by molar-refractivity contribution is -0.114. The van der Waals surface area contributed by atoms with E-state index < -0.39 is 0 Å². The zero-order valence-corrected chi connectivity index (χ0v) is 21.4. The van der Waals surface area contributed by atoms with Crippen LogP contribution in [-0.2, 0) is 17.6 Å². The number of amides is 1. The van der Waals surface area contributed by atoms with Crippen molar-refractivity contribution in [2.24, 2.45) is 11.8 Å². The number of fused-ring (bicyclic) bond motifs is 2. The fourth-order valence-electron chi connectivity index (χ4n) is 6.17. The number of hydrogen-bond acceptors (Lipinski definition) is 5. The third kappa shape index (κ3) is 5.45. The minimum absolute atomic E-state index is 0.0268. The standard InChI is InChI=1S/C29H35N7O/c1-20(37)33-26-7-4-21(5-8-26)10-12-36-17-24-15-35(16-25(24)18-36)11-2-3-23-14-30-28-9-6-22(13-27(23)28)29-31-19-32-34-29/h4-9,13-14,19,24-25,30H,2-3,10-12,15-18H2,1H3,(H,33,37)(H,31,32,34). The number of aryl methyl sites for hydroxylation is 1. The molecule has 0 bridgehead atoms. The summed E-state index contributed by atoms with van der Waals surface area (Å²) in [6.07, 6.45) is 7.04. The molecule has 2 aromatic heterocycles. The monoisotopic (exact) mass is 497 g/mol. The number of nitrogens with one attached hydrogen (secondary N) is 3. The summed E-state index contributed by atoms with van der Waals surface area (Å²) in [4.78, 5) is 24.2. The topological polar surface area (TPSA) is 92.9 Å². The van der Waals surface area contributed by atoms with Gasteiger partial charge in [-0.1, -0.05) is 12.1 Å². The second kappa shape index (κ2) is 10.5. The van der Waals surface area contributed by atoms with E-state index >= 15 is 0 Å². The van der Waals surface area contributed by atoms with Crippen LogP contribution in [0.5, 0.6) is 0 Å². The van der Waals surface area contributed by atoms with Crippen molar-refractivity contribution in [1.29, 1.82) is 0 Å². The molecule has 8 nitrogen and oxygen atoms in total. The number of aromatic amines is 2. The van der Waals surface area contributed by atoms with Crippen LogP contribution in [0.4, 0.5) is 5.69 Å². The highest BCUT2D eigenvalue weighted by Crippen LogP contribution is 2.31. The van der Waals surface area contributed by atoms with Gasteiger partial charge in [0.1, 0.15) is 6.33 Å². The van der Waals surface area contributed by atoms with Crippen molar-refractivity contribution in [3.63, 3.8) is 0 Å². The van der Waals surface area contributed by atoms with Crippen LogP contribution >= 0.6 is 0 Å². The zero-order valence-electron chi connectivity index (χ0n) is 21.4. The predicted molar refractivity (Wildman–Crippen MR) is 146 cm³/mol. The largest absolute Gasteiger partial charge is 0.361 e. The normalized spacial score (nSPS) is 20.0. The summed E-state index contributed by atoms with van der Waals surface area (Å²) in [7, 11) is 0. The Kier molecular flexibility index (Phi) is 6.76. The van der Waals surface area contributed by atoms with E-state index in [-0.39, 0.29) is 5.91 Å². The first-order valence-corrected chi connectivity index (χ1v) is 13.4. The van der Waals surface area contributed by atoms with Gasteiger partial charge in [0.05, 0.1) is 0 Å². The number of anilines is 1. The van der Waals surface area contributed by atoms with E-state index in [9.17, 15) is 4.79 Å². The molecule has 4 heterocycles. The Labute approximate surface area is 217 Å². The highest BCUT2D eigenvalue weighted by molar-refractivity contribution is 5.88. The lowest BCUT2D eigenvalue weighted by atomic mass is 10.0. The Balaban J connectivity index is 0.951. The van der Waals surface area contributed by atoms with Crippen molar-refractivity contribution in [3.05, 3.63) is 66.1 Å². The molecule has 2 aliphatic heterocycles. The summed E-state index contributed by atoms with van der Waals surface area (Å²) in [5, 5.41) is 11.1. The van der Waals surface area contributed by atoms with Gasteiger partial charge in [0.25, 0.3) is 0 Å². The first-order valence-electron chi connectivity index (χ1n) is 13.4. The van der Waals surface area contributed by atoms with E-state index in [2.05, 4.69) is 71.8 Å². The van der Waals surface area contributed by atoms with Crippen LogP contribution < -0.4 is 5.32 Å². The van der Waals surface area contributed by atoms with E-state index in [0.717, 1.165) is 48.3 Å². The van der Waals surface area contributed by atoms with Gasteiger partial charge >= 0.3 is 0 Å². The van der Waals surface area contributed by atoms with Gasteiger partial charge in [-0.05, 0) is 79.1 Å². The number of H-pyrrole nitrogens is 2. The maximum absolute atomic E-state index is 11.2. The third-order valence-corrected chi connectivity index (χ3v) is 8.00. The minimum Gasteiger partial charge on any atom is -0.361 e. The molecule has 2 unspecified atom stereocenters. The van der Waals surface area contributed by atoms with Gasteiger partial charge in [0.15, 0.2) is 5.82 Å². The molecular weight excluding hydrogens is 462 g/mol. The summed E-state index contributed by atoms with van der Waals surface area (Å²) in [5.41, 5.74) is 5.83. The first-order chi connectivity index (χ1) is 18.1. The number of carbonyl (C=O) groups excluding carboxylic acids is 1. The van der Waals surface area contributed by atoms with Crippen molar-refractivity contribution in [1.82, 2.24) is 30.0 Å².